The number of fused-ring (bicyclic) bond motifs is 1. The van der Waals surface area contributed by atoms with Gasteiger partial charge in [0.05, 0.1) is 11.3 Å². The Morgan fingerprint density at radius 1 is 1.14 bits per heavy atom. The van der Waals surface area contributed by atoms with E-state index in [0.29, 0.717) is 11.4 Å². The Kier molecular flexibility index (Phi) is 5.03. The first-order valence-corrected chi connectivity index (χ1v) is 9.65. The first kappa shape index (κ1) is 19.1. The van der Waals surface area contributed by atoms with E-state index in [2.05, 4.69) is 10.3 Å². The van der Waals surface area contributed by atoms with Crippen molar-refractivity contribution in [2.75, 3.05) is 11.9 Å². The minimum absolute atomic E-state index is 0.167. The number of pyridine rings is 1. The fourth-order valence-electron chi connectivity index (χ4n) is 3.17. The number of nitrogens with two attached hydrogens (primary N) is 1. The summed E-state index contributed by atoms with van der Waals surface area (Å²) in [5.74, 6) is -0.416. The topological polar surface area (TPSA) is 94.3 Å². The van der Waals surface area contributed by atoms with E-state index in [1.54, 1.807) is 36.7 Å². The lowest BCUT2D eigenvalue weighted by atomic mass is 9.98. The quantitative estimate of drug-likeness (QED) is 0.496. The lowest BCUT2D eigenvalue weighted by Gasteiger charge is -2.16. The molecule has 1 aliphatic carbocycles. The zero-order valence-corrected chi connectivity index (χ0v) is 16.2. The average Bonchev–Trinajstić information content (AvgIpc) is 3.48. The number of benzene rings is 2. The fourth-order valence-corrected chi connectivity index (χ4v) is 3.17. The second-order valence-corrected chi connectivity index (χ2v) is 7.73. The van der Waals surface area contributed by atoms with Crippen LogP contribution in [0, 0.1) is 5.41 Å². The van der Waals surface area contributed by atoms with Gasteiger partial charge in [-0.15, -0.1) is 0 Å². The Labute approximate surface area is 169 Å². The van der Waals surface area contributed by atoms with Gasteiger partial charge in [-0.2, -0.15) is 0 Å². The molecule has 0 spiro atoms. The van der Waals surface area contributed by atoms with E-state index in [0.717, 1.165) is 29.2 Å². The van der Waals surface area contributed by atoms with E-state index < -0.39 is 5.92 Å². The first-order valence-electron chi connectivity index (χ1n) is 9.65. The van der Waals surface area contributed by atoms with Crippen LogP contribution in [0.2, 0.25) is 0 Å². The SMILES string of the molecule is CC1(C(=O)Oc2ccc(C(CN)C(=O)Nc3ccc4cnccc4c3)cc2)CC1. The lowest BCUT2D eigenvalue weighted by molar-refractivity contribution is -0.139. The number of hydrogen-bond donors (Lipinski definition) is 2. The Morgan fingerprint density at radius 2 is 1.90 bits per heavy atom. The number of anilines is 1. The van der Waals surface area contributed by atoms with Crippen LogP contribution in [-0.2, 0) is 9.59 Å². The molecule has 1 aliphatic rings. The van der Waals surface area contributed by atoms with Crippen molar-refractivity contribution in [1.29, 1.82) is 0 Å². The van der Waals surface area contributed by atoms with Gasteiger partial charge in [-0.1, -0.05) is 18.2 Å². The molecule has 1 aromatic heterocycles. The largest absolute Gasteiger partial charge is 0.426 e. The van der Waals surface area contributed by atoms with E-state index in [4.69, 9.17) is 10.5 Å². The highest BCUT2D eigenvalue weighted by molar-refractivity contribution is 5.98. The summed E-state index contributed by atoms with van der Waals surface area (Å²) in [5.41, 5.74) is 7.02. The third-order valence-electron chi connectivity index (χ3n) is 5.45. The minimum Gasteiger partial charge on any atom is -0.426 e. The van der Waals surface area contributed by atoms with Crippen molar-refractivity contribution in [3.8, 4) is 5.75 Å². The molecule has 0 radical (unpaired) electrons. The predicted molar refractivity (Wildman–Crippen MR) is 112 cm³/mol. The Morgan fingerprint density at radius 3 is 2.59 bits per heavy atom. The number of nitrogens with one attached hydrogen (secondary N) is 1. The van der Waals surface area contributed by atoms with Crippen LogP contribution in [0.3, 0.4) is 0 Å². The highest BCUT2D eigenvalue weighted by Crippen LogP contribution is 2.46. The normalized spacial score (nSPS) is 15.5. The molecule has 1 heterocycles. The molecule has 1 atom stereocenters. The molecule has 1 amide bonds. The lowest BCUT2D eigenvalue weighted by Crippen LogP contribution is -2.27. The van der Waals surface area contributed by atoms with Crippen LogP contribution in [0.25, 0.3) is 10.8 Å². The van der Waals surface area contributed by atoms with Crippen LogP contribution < -0.4 is 15.8 Å². The van der Waals surface area contributed by atoms with Crippen LogP contribution in [-0.4, -0.2) is 23.4 Å². The Balaban J connectivity index is 1.45. The number of rotatable bonds is 6. The van der Waals surface area contributed by atoms with Crippen molar-refractivity contribution >= 4 is 28.3 Å². The highest BCUT2D eigenvalue weighted by atomic mass is 16.5. The van der Waals surface area contributed by atoms with Crippen LogP contribution in [0.5, 0.6) is 5.75 Å². The van der Waals surface area contributed by atoms with Crippen molar-refractivity contribution in [3.63, 3.8) is 0 Å². The summed E-state index contributed by atoms with van der Waals surface area (Å²) >= 11 is 0. The molecule has 0 aliphatic heterocycles. The van der Waals surface area contributed by atoms with Crippen LogP contribution in [0.15, 0.2) is 60.9 Å². The van der Waals surface area contributed by atoms with Gasteiger partial charge in [-0.25, -0.2) is 0 Å². The molecule has 6 heteroatoms. The second-order valence-electron chi connectivity index (χ2n) is 7.73. The Hall–Kier alpha value is -3.25. The number of aromatic nitrogens is 1. The van der Waals surface area contributed by atoms with Gasteiger partial charge < -0.3 is 15.8 Å². The number of hydrogen-bond acceptors (Lipinski definition) is 5. The number of nitrogens with zero attached hydrogens (tertiary/aromatic N) is 1. The smallest absolute Gasteiger partial charge is 0.317 e. The maximum atomic E-state index is 12.8. The van der Waals surface area contributed by atoms with Gasteiger partial charge in [-0.3, -0.25) is 14.6 Å². The molecule has 6 nitrogen and oxygen atoms in total. The van der Waals surface area contributed by atoms with Crippen LogP contribution >= 0.6 is 0 Å². The van der Waals surface area contributed by atoms with E-state index in [-0.39, 0.29) is 23.8 Å². The molecule has 3 aromatic rings. The fraction of sp³-hybridized carbons (Fsp3) is 0.261. The summed E-state index contributed by atoms with van der Waals surface area (Å²) in [5, 5.41) is 4.94. The molecule has 3 N–H and O–H groups in total. The summed E-state index contributed by atoms with van der Waals surface area (Å²) in [4.78, 5) is 29.0. The molecule has 1 fully saturated rings. The van der Waals surface area contributed by atoms with Crippen LogP contribution in [0.1, 0.15) is 31.2 Å². The monoisotopic (exact) mass is 389 g/mol. The third-order valence-corrected chi connectivity index (χ3v) is 5.45. The van der Waals surface area contributed by atoms with Gasteiger partial charge in [0.2, 0.25) is 5.91 Å². The summed E-state index contributed by atoms with van der Waals surface area (Å²) in [6, 6.07) is 14.5. The average molecular weight is 389 g/mol. The van der Waals surface area contributed by atoms with Gasteiger partial charge in [0.1, 0.15) is 5.75 Å². The van der Waals surface area contributed by atoms with E-state index in [1.807, 2.05) is 31.2 Å². The first-order chi connectivity index (χ1) is 14.0. The number of carbonyl (C=O) groups is 2. The van der Waals surface area contributed by atoms with Gasteiger partial charge in [0.15, 0.2) is 0 Å². The van der Waals surface area contributed by atoms with Crippen molar-refractivity contribution in [2.24, 2.45) is 11.1 Å². The zero-order valence-electron chi connectivity index (χ0n) is 16.2. The van der Waals surface area contributed by atoms with Crippen molar-refractivity contribution in [2.45, 2.75) is 25.7 Å². The van der Waals surface area contributed by atoms with Gasteiger partial charge >= 0.3 is 5.97 Å². The predicted octanol–water partition coefficient (Wildman–Crippen LogP) is 3.62. The van der Waals surface area contributed by atoms with E-state index in [1.165, 1.54) is 0 Å². The molecule has 29 heavy (non-hydrogen) atoms. The maximum Gasteiger partial charge on any atom is 0.317 e. The van der Waals surface area contributed by atoms with Gasteiger partial charge in [0, 0.05) is 30.0 Å². The highest BCUT2D eigenvalue weighted by Gasteiger charge is 2.46. The number of esters is 1. The van der Waals surface area contributed by atoms with Crippen molar-refractivity contribution in [1.82, 2.24) is 4.98 Å². The standard InChI is InChI=1S/C23H23N3O3/c1-23(9-10-23)22(28)29-19-6-3-15(4-7-19)20(13-24)21(27)26-18-5-2-17-14-25-11-8-16(17)12-18/h2-8,11-12,14,20H,9-10,13,24H2,1H3,(H,26,27). The van der Waals surface area contributed by atoms with E-state index >= 15 is 0 Å². The van der Waals surface area contributed by atoms with Gasteiger partial charge in [-0.05, 0) is 61.0 Å². The van der Waals surface area contributed by atoms with Crippen LogP contribution in [0.4, 0.5) is 5.69 Å². The molecule has 4 rings (SSSR count). The van der Waals surface area contributed by atoms with Crippen molar-refractivity contribution < 1.29 is 14.3 Å². The second kappa shape index (κ2) is 7.64. The number of amides is 1. The molecule has 0 bridgehead atoms. The number of carbonyl (C=O) groups excluding carboxylic acids is 2. The molecule has 2 aromatic carbocycles. The third kappa shape index (κ3) is 4.12. The molecule has 1 unspecified atom stereocenters. The zero-order chi connectivity index (χ0) is 20.4. The molecule has 1 saturated carbocycles. The maximum absolute atomic E-state index is 12.8. The number of ether oxygens (including phenoxy) is 1. The molecule has 0 saturated heterocycles. The summed E-state index contributed by atoms with van der Waals surface area (Å²) in [6.45, 7) is 2.07. The Bertz CT molecular complexity index is 1060. The summed E-state index contributed by atoms with van der Waals surface area (Å²) in [7, 11) is 0. The summed E-state index contributed by atoms with van der Waals surface area (Å²) < 4.78 is 5.43. The summed E-state index contributed by atoms with van der Waals surface area (Å²) in [6.07, 6.45) is 5.23. The van der Waals surface area contributed by atoms with Crippen molar-refractivity contribution in [3.05, 3.63) is 66.5 Å². The molecule has 148 valence electrons. The van der Waals surface area contributed by atoms with E-state index in [9.17, 15) is 9.59 Å². The van der Waals surface area contributed by atoms with Gasteiger partial charge in [0.25, 0.3) is 0 Å². The minimum atomic E-state index is -0.506. The molecular formula is C23H23N3O3. The molecular weight excluding hydrogens is 366 g/mol.